The molecular formula is C15H14Cl2N2O3. The topological polar surface area (TPSA) is 58.6 Å². The highest BCUT2D eigenvalue weighted by Gasteiger charge is 2.39. The first kappa shape index (κ1) is 15.3. The first-order chi connectivity index (χ1) is 10.6. The molecule has 0 saturated carbocycles. The lowest BCUT2D eigenvalue weighted by molar-refractivity contribution is -0.120. The molecule has 3 rings (SSSR count). The van der Waals surface area contributed by atoms with Gasteiger partial charge in [0.1, 0.15) is 10.7 Å². The summed E-state index contributed by atoms with van der Waals surface area (Å²) in [5, 5.41) is 3.13. The number of rotatable bonds is 4. The van der Waals surface area contributed by atoms with Crippen LogP contribution in [-0.2, 0) is 14.3 Å². The predicted molar refractivity (Wildman–Crippen MR) is 83.8 cm³/mol. The van der Waals surface area contributed by atoms with Gasteiger partial charge >= 0.3 is 0 Å². The molecule has 2 amide bonds. The standard InChI is InChI=1S/C15H14Cl2N2O3/c16-10-5-1-2-6-11(10)19-14(20)12(17)13(15(19)21)18-8-9-4-3-7-22-9/h1-2,5-6,9,18H,3-4,7-8H2. The molecule has 2 heterocycles. The molecule has 116 valence electrons. The maximum absolute atomic E-state index is 12.5. The number of benzene rings is 1. The van der Waals surface area contributed by atoms with Gasteiger partial charge in [0.25, 0.3) is 11.8 Å². The van der Waals surface area contributed by atoms with Gasteiger partial charge in [0.2, 0.25) is 0 Å². The molecule has 5 nitrogen and oxygen atoms in total. The molecule has 2 aliphatic heterocycles. The third-order valence-corrected chi connectivity index (χ3v) is 4.32. The average molecular weight is 341 g/mol. The van der Waals surface area contributed by atoms with Crippen LogP contribution < -0.4 is 10.2 Å². The van der Waals surface area contributed by atoms with Crippen LogP contribution in [0.15, 0.2) is 35.0 Å². The van der Waals surface area contributed by atoms with Crippen molar-refractivity contribution >= 4 is 40.7 Å². The summed E-state index contributed by atoms with van der Waals surface area (Å²) in [7, 11) is 0. The van der Waals surface area contributed by atoms with Crippen LogP contribution in [0.3, 0.4) is 0 Å². The zero-order valence-electron chi connectivity index (χ0n) is 11.6. The van der Waals surface area contributed by atoms with Crippen molar-refractivity contribution in [1.29, 1.82) is 0 Å². The van der Waals surface area contributed by atoms with Crippen LogP contribution in [0.1, 0.15) is 12.8 Å². The lowest BCUT2D eigenvalue weighted by atomic mass is 10.2. The number of halogens is 2. The fourth-order valence-electron chi connectivity index (χ4n) is 2.53. The van der Waals surface area contributed by atoms with Crippen LogP contribution in [0.5, 0.6) is 0 Å². The molecule has 1 fully saturated rings. The molecule has 7 heteroatoms. The van der Waals surface area contributed by atoms with Crippen LogP contribution in [0, 0.1) is 0 Å². The summed E-state index contributed by atoms with van der Waals surface area (Å²) in [4.78, 5) is 25.7. The van der Waals surface area contributed by atoms with Crippen molar-refractivity contribution in [2.45, 2.75) is 18.9 Å². The number of imide groups is 1. The van der Waals surface area contributed by atoms with Crippen LogP contribution in [0.25, 0.3) is 0 Å². The number of nitrogens with one attached hydrogen (secondary N) is 1. The molecule has 2 aliphatic rings. The van der Waals surface area contributed by atoms with Crippen molar-refractivity contribution in [2.24, 2.45) is 0 Å². The van der Waals surface area contributed by atoms with E-state index in [2.05, 4.69) is 5.32 Å². The monoisotopic (exact) mass is 340 g/mol. The zero-order valence-corrected chi connectivity index (χ0v) is 13.2. The number of carbonyl (C=O) groups is 2. The number of ether oxygens (including phenoxy) is 1. The Kier molecular flexibility index (Phi) is 4.38. The minimum absolute atomic E-state index is 0.0363. The van der Waals surface area contributed by atoms with Crippen molar-refractivity contribution in [3.63, 3.8) is 0 Å². The van der Waals surface area contributed by atoms with E-state index in [1.54, 1.807) is 24.3 Å². The highest BCUT2D eigenvalue weighted by molar-refractivity contribution is 6.53. The second-order valence-corrected chi connectivity index (χ2v) is 5.89. The summed E-state index contributed by atoms with van der Waals surface area (Å²) in [6.07, 6.45) is 1.96. The van der Waals surface area contributed by atoms with Crippen LogP contribution in [-0.4, -0.2) is 31.1 Å². The van der Waals surface area contributed by atoms with Crippen molar-refractivity contribution < 1.29 is 14.3 Å². The second-order valence-electron chi connectivity index (χ2n) is 5.10. The van der Waals surface area contributed by atoms with Crippen LogP contribution in [0.4, 0.5) is 5.69 Å². The number of hydrogen-bond acceptors (Lipinski definition) is 4. The number of anilines is 1. The third kappa shape index (κ3) is 2.72. The Morgan fingerprint density at radius 3 is 2.68 bits per heavy atom. The number of nitrogens with zero attached hydrogens (tertiary/aromatic N) is 1. The van der Waals surface area contributed by atoms with Gasteiger partial charge in [-0.1, -0.05) is 35.3 Å². The number of amides is 2. The van der Waals surface area contributed by atoms with Gasteiger partial charge in [-0.15, -0.1) is 0 Å². The molecule has 0 aromatic heterocycles. The van der Waals surface area contributed by atoms with Gasteiger partial charge in [0, 0.05) is 13.2 Å². The first-order valence-electron chi connectivity index (χ1n) is 6.98. The minimum Gasteiger partial charge on any atom is -0.377 e. The van der Waals surface area contributed by atoms with Crippen LogP contribution in [0.2, 0.25) is 5.02 Å². The Morgan fingerprint density at radius 1 is 1.23 bits per heavy atom. The smallest absolute Gasteiger partial charge is 0.283 e. The molecule has 0 bridgehead atoms. The van der Waals surface area contributed by atoms with E-state index in [0.717, 1.165) is 24.3 Å². The van der Waals surface area contributed by atoms with E-state index >= 15 is 0 Å². The van der Waals surface area contributed by atoms with Gasteiger partial charge in [-0.25, -0.2) is 4.90 Å². The Morgan fingerprint density at radius 2 is 2.00 bits per heavy atom. The number of carbonyl (C=O) groups excluding carboxylic acids is 2. The molecule has 22 heavy (non-hydrogen) atoms. The molecule has 0 spiro atoms. The van der Waals surface area contributed by atoms with E-state index in [1.807, 2.05) is 0 Å². The van der Waals surface area contributed by atoms with Gasteiger partial charge < -0.3 is 10.1 Å². The Hall–Kier alpha value is -1.56. The largest absolute Gasteiger partial charge is 0.377 e. The second kappa shape index (κ2) is 6.28. The van der Waals surface area contributed by atoms with Crippen molar-refractivity contribution in [2.75, 3.05) is 18.1 Å². The van der Waals surface area contributed by atoms with Gasteiger partial charge in [-0.3, -0.25) is 9.59 Å². The first-order valence-corrected chi connectivity index (χ1v) is 7.73. The zero-order chi connectivity index (χ0) is 15.7. The fraction of sp³-hybridized carbons (Fsp3) is 0.333. The Labute approximate surface area is 137 Å². The van der Waals surface area contributed by atoms with Crippen LogP contribution >= 0.6 is 23.2 Å². The lowest BCUT2D eigenvalue weighted by Crippen LogP contribution is -2.35. The van der Waals surface area contributed by atoms with Gasteiger partial charge in [-0.05, 0) is 25.0 Å². The van der Waals surface area contributed by atoms with E-state index in [9.17, 15) is 9.59 Å². The molecule has 1 saturated heterocycles. The highest BCUT2D eigenvalue weighted by atomic mass is 35.5. The summed E-state index contributed by atoms with van der Waals surface area (Å²) >= 11 is 12.1. The third-order valence-electron chi connectivity index (χ3n) is 3.65. The number of hydrogen-bond donors (Lipinski definition) is 1. The SMILES string of the molecule is O=C1C(Cl)=C(NCC2CCCO2)C(=O)N1c1ccccc1Cl. The van der Waals surface area contributed by atoms with Gasteiger partial charge in [-0.2, -0.15) is 0 Å². The van der Waals surface area contributed by atoms with E-state index in [0.29, 0.717) is 17.3 Å². The number of para-hydroxylation sites is 1. The van der Waals surface area contributed by atoms with Crippen molar-refractivity contribution in [1.82, 2.24) is 5.32 Å². The predicted octanol–water partition coefficient (Wildman–Crippen LogP) is 2.43. The molecule has 1 atom stereocenters. The van der Waals surface area contributed by atoms with Gasteiger partial charge in [0.15, 0.2) is 0 Å². The molecule has 1 aromatic rings. The Bertz CT molecular complexity index is 654. The molecule has 1 unspecified atom stereocenters. The van der Waals surface area contributed by atoms with Gasteiger partial charge in [0.05, 0.1) is 16.8 Å². The average Bonchev–Trinajstić information content (AvgIpc) is 3.08. The molecule has 0 radical (unpaired) electrons. The molecule has 0 aliphatic carbocycles. The van der Waals surface area contributed by atoms with E-state index < -0.39 is 11.8 Å². The van der Waals surface area contributed by atoms with E-state index in [1.165, 1.54) is 0 Å². The Balaban J connectivity index is 1.79. The lowest BCUT2D eigenvalue weighted by Gasteiger charge is -2.17. The summed E-state index contributed by atoms with van der Waals surface area (Å²) < 4.78 is 5.48. The highest BCUT2D eigenvalue weighted by Crippen LogP contribution is 2.32. The minimum atomic E-state index is -0.574. The van der Waals surface area contributed by atoms with Crippen molar-refractivity contribution in [3.05, 3.63) is 40.0 Å². The van der Waals surface area contributed by atoms with Crippen molar-refractivity contribution in [3.8, 4) is 0 Å². The normalized spacial score (nSPS) is 21.9. The molecular weight excluding hydrogens is 327 g/mol. The maximum Gasteiger partial charge on any atom is 0.283 e. The molecule has 1 N–H and O–H groups in total. The summed E-state index contributed by atoms with van der Waals surface area (Å²) in [5.41, 5.74) is 0.424. The summed E-state index contributed by atoms with van der Waals surface area (Å²) in [6, 6.07) is 6.64. The summed E-state index contributed by atoms with van der Waals surface area (Å²) in [5.74, 6) is -1.07. The summed E-state index contributed by atoms with van der Waals surface area (Å²) in [6.45, 7) is 1.17. The van der Waals surface area contributed by atoms with E-state index in [-0.39, 0.29) is 16.8 Å². The fourth-order valence-corrected chi connectivity index (χ4v) is 2.98. The quantitative estimate of drug-likeness (QED) is 0.855. The molecule has 1 aromatic carbocycles. The maximum atomic E-state index is 12.5. The van der Waals surface area contributed by atoms with E-state index in [4.69, 9.17) is 27.9 Å².